The summed E-state index contributed by atoms with van der Waals surface area (Å²) < 4.78 is 5.26. The highest BCUT2D eigenvalue weighted by Gasteiger charge is 2.25. The molecular weight excluding hydrogens is 316 g/mol. The van der Waals surface area contributed by atoms with E-state index in [2.05, 4.69) is 38.2 Å². The van der Waals surface area contributed by atoms with Gasteiger partial charge in [-0.25, -0.2) is 4.79 Å². The quantitative estimate of drug-likeness (QED) is 0.775. The number of ether oxygens (including phenoxy) is 1. The second-order valence-corrected chi connectivity index (χ2v) is 7.79. The Bertz CT molecular complexity index is 609. The number of amides is 1. The minimum absolute atomic E-state index is 0.333. The van der Waals surface area contributed by atoms with Crippen LogP contribution < -0.4 is 11.1 Å². The Morgan fingerprint density at radius 2 is 1.68 bits per heavy atom. The molecule has 0 spiro atoms. The van der Waals surface area contributed by atoms with E-state index >= 15 is 0 Å². The van der Waals surface area contributed by atoms with E-state index in [1.165, 1.54) is 22.3 Å². The van der Waals surface area contributed by atoms with Crippen molar-refractivity contribution in [2.45, 2.75) is 79.0 Å². The number of benzene rings is 1. The Kier molecular flexibility index (Phi) is 7.17. The predicted octanol–water partition coefficient (Wildman–Crippen LogP) is 2.72. The third-order valence-electron chi connectivity index (χ3n) is 4.00. The van der Waals surface area contributed by atoms with Crippen molar-refractivity contribution in [3.8, 4) is 0 Å². The second-order valence-electron chi connectivity index (χ2n) is 7.79. The van der Waals surface area contributed by atoms with Crippen molar-refractivity contribution < 1.29 is 14.3 Å². The van der Waals surface area contributed by atoms with Crippen molar-refractivity contribution >= 4 is 11.9 Å². The summed E-state index contributed by atoms with van der Waals surface area (Å²) in [5, 5.41) is 2.64. The number of aryl methyl sites for hydroxylation is 3. The fourth-order valence-electron chi connectivity index (χ4n) is 2.80. The van der Waals surface area contributed by atoms with Crippen LogP contribution in [0.4, 0.5) is 0 Å². The maximum Gasteiger partial charge on any atom is 0.328 e. The lowest BCUT2D eigenvalue weighted by molar-refractivity contribution is -0.158. The first-order chi connectivity index (χ1) is 11.4. The largest absolute Gasteiger partial charge is 0.458 e. The minimum atomic E-state index is -0.722. The van der Waals surface area contributed by atoms with Crippen LogP contribution in [0.3, 0.4) is 0 Å². The molecule has 5 heteroatoms. The Morgan fingerprint density at radius 3 is 2.16 bits per heavy atom. The van der Waals surface area contributed by atoms with Gasteiger partial charge >= 0.3 is 5.97 Å². The van der Waals surface area contributed by atoms with Crippen LogP contribution in [0.5, 0.6) is 0 Å². The molecule has 25 heavy (non-hydrogen) atoms. The molecule has 0 heterocycles. The lowest BCUT2D eigenvalue weighted by Crippen LogP contribution is -2.48. The molecule has 0 radical (unpaired) electrons. The molecule has 0 saturated heterocycles. The Balaban J connectivity index is 2.59. The van der Waals surface area contributed by atoms with E-state index in [1.807, 2.05) is 0 Å². The molecule has 0 unspecified atom stereocenters. The highest BCUT2D eigenvalue weighted by Crippen LogP contribution is 2.18. The number of nitrogens with one attached hydrogen (secondary N) is 1. The Labute approximate surface area is 151 Å². The molecule has 0 saturated carbocycles. The second kappa shape index (κ2) is 8.48. The third-order valence-corrected chi connectivity index (χ3v) is 4.00. The Hall–Kier alpha value is -1.88. The van der Waals surface area contributed by atoms with Crippen molar-refractivity contribution in [1.82, 2.24) is 5.32 Å². The summed E-state index contributed by atoms with van der Waals surface area (Å²) in [6.45, 7) is 13.2. The summed E-state index contributed by atoms with van der Waals surface area (Å²) >= 11 is 0. The van der Waals surface area contributed by atoms with E-state index in [-0.39, 0.29) is 5.91 Å². The average molecular weight is 348 g/mol. The molecule has 1 amide bonds. The zero-order chi connectivity index (χ0) is 19.4. The summed E-state index contributed by atoms with van der Waals surface area (Å²) in [6, 6.07) is 2.89. The van der Waals surface area contributed by atoms with Crippen molar-refractivity contribution in [2.24, 2.45) is 5.73 Å². The van der Waals surface area contributed by atoms with Gasteiger partial charge in [-0.2, -0.15) is 0 Å². The van der Waals surface area contributed by atoms with E-state index in [0.29, 0.717) is 6.42 Å². The van der Waals surface area contributed by atoms with Gasteiger partial charge in [0, 0.05) is 0 Å². The predicted molar refractivity (Wildman–Crippen MR) is 100 cm³/mol. The minimum Gasteiger partial charge on any atom is -0.458 e. The first-order valence-corrected chi connectivity index (χ1v) is 8.76. The fourth-order valence-corrected chi connectivity index (χ4v) is 2.80. The lowest BCUT2D eigenvalue weighted by Gasteiger charge is -2.23. The van der Waals surface area contributed by atoms with Crippen LogP contribution in [0.2, 0.25) is 0 Å². The molecule has 0 aliphatic carbocycles. The van der Waals surface area contributed by atoms with Gasteiger partial charge in [0.25, 0.3) is 0 Å². The maximum atomic E-state index is 12.2. The molecule has 0 aromatic heterocycles. The first kappa shape index (κ1) is 21.2. The van der Waals surface area contributed by atoms with Crippen LogP contribution in [0.25, 0.3) is 0 Å². The van der Waals surface area contributed by atoms with Crippen LogP contribution in [-0.2, 0) is 20.7 Å². The zero-order valence-electron chi connectivity index (χ0n) is 16.5. The number of carbonyl (C=O) groups excluding carboxylic acids is 2. The van der Waals surface area contributed by atoms with Crippen molar-refractivity contribution in [3.63, 3.8) is 0 Å². The van der Waals surface area contributed by atoms with Gasteiger partial charge in [0.2, 0.25) is 5.91 Å². The summed E-state index contributed by atoms with van der Waals surface area (Å²) in [4.78, 5) is 24.2. The molecule has 5 nitrogen and oxygen atoms in total. The lowest BCUT2D eigenvalue weighted by atomic mass is 9.94. The number of esters is 1. The number of nitrogens with two attached hydrogens (primary N) is 1. The van der Waals surface area contributed by atoms with Gasteiger partial charge < -0.3 is 15.8 Å². The number of rotatable bonds is 6. The zero-order valence-corrected chi connectivity index (χ0v) is 16.5. The van der Waals surface area contributed by atoms with E-state index in [0.717, 1.165) is 6.42 Å². The summed E-state index contributed by atoms with van der Waals surface area (Å²) in [7, 11) is 0. The number of carbonyl (C=O) groups is 2. The monoisotopic (exact) mass is 348 g/mol. The van der Waals surface area contributed by atoms with Crippen molar-refractivity contribution in [3.05, 3.63) is 34.4 Å². The van der Waals surface area contributed by atoms with Crippen LogP contribution in [0.15, 0.2) is 12.1 Å². The highest BCUT2D eigenvalue weighted by atomic mass is 16.6. The Morgan fingerprint density at radius 1 is 1.16 bits per heavy atom. The van der Waals surface area contributed by atoms with Crippen LogP contribution in [0, 0.1) is 20.8 Å². The van der Waals surface area contributed by atoms with Crippen molar-refractivity contribution in [1.29, 1.82) is 0 Å². The van der Waals surface area contributed by atoms with Gasteiger partial charge in [-0.15, -0.1) is 0 Å². The van der Waals surface area contributed by atoms with Gasteiger partial charge in [-0.05, 0) is 78.0 Å². The smallest absolute Gasteiger partial charge is 0.328 e. The normalized spacial score (nSPS) is 13.9. The standard InChI is InChI=1S/C20H32N2O3/c1-12-10-13(2)16(14(3)11-12)8-9-17(21)18(23)22-15(4)19(24)25-20(5,6)7/h10-11,15,17H,8-9,21H2,1-7H3,(H,22,23)/t15-,17-/m0/s1. The van der Waals surface area contributed by atoms with Gasteiger partial charge in [0.15, 0.2) is 0 Å². The molecular formula is C20H32N2O3. The molecule has 140 valence electrons. The first-order valence-electron chi connectivity index (χ1n) is 8.76. The van der Waals surface area contributed by atoms with Gasteiger partial charge in [-0.1, -0.05) is 17.7 Å². The van der Waals surface area contributed by atoms with Crippen LogP contribution >= 0.6 is 0 Å². The molecule has 1 rings (SSSR count). The number of hydrogen-bond donors (Lipinski definition) is 2. The molecule has 3 N–H and O–H groups in total. The molecule has 2 atom stereocenters. The molecule has 1 aromatic carbocycles. The van der Waals surface area contributed by atoms with Gasteiger partial charge in [-0.3, -0.25) is 4.79 Å². The average Bonchev–Trinajstić information content (AvgIpc) is 2.43. The van der Waals surface area contributed by atoms with E-state index in [1.54, 1.807) is 27.7 Å². The topological polar surface area (TPSA) is 81.4 Å². The molecule has 0 aliphatic rings. The van der Waals surface area contributed by atoms with Crippen LogP contribution in [0.1, 0.15) is 56.4 Å². The number of hydrogen-bond acceptors (Lipinski definition) is 4. The fraction of sp³-hybridized carbons (Fsp3) is 0.600. The van der Waals surface area contributed by atoms with Gasteiger partial charge in [0.05, 0.1) is 6.04 Å². The molecule has 0 bridgehead atoms. The molecule has 1 aromatic rings. The molecule has 0 aliphatic heterocycles. The molecule has 0 fully saturated rings. The summed E-state index contributed by atoms with van der Waals surface area (Å²) in [5.41, 5.74) is 10.3. The van der Waals surface area contributed by atoms with Gasteiger partial charge in [0.1, 0.15) is 11.6 Å². The van der Waals surface area contributed by atoms with Crippen LogP contribution in [-0.4, -0.2) is 29.6 Å². The highest BCUT2D eigenvalue weighted by molar-refractivity contribution is 5.87. The maximum absolute atomic E-state index is 12.2. The van der Waals surface area contributed by atoms with Crippen molar-refractivity contribution in [2.75, 3.05) is 0 Å². The van der Waals surface area contributed by atoms with E-state index in [4.69, 9.17) is 10.5 Å². The third kappa shape index (κ3) is 6.86. The van der Waals surface area contributed by atoms with E-state index in [9.17, 15) is 9.59 Å². The SMILES string of the molecule is Cc1cc(C)c(CC[C@H](N)C(=O)N[C@@H](C)C(=O)OC(C)(C)C)c(C)c1. The summed E-state index contributed by atoms with van der Waals surface area (Å²) in [5.74, 6) is -0.793. The van der Waals surface area contributed by atoms with E-state index < -0.39 is 23.7 Å². The summed E-state index contributed by atoms with van der Waals surface area (Å²) in [6.07, 6.45) is 1.25.